The second-order valence-electron chi connectivity index (χ2n) is 13.9. The summed E-state index contributed by atoms with van der Waals surface area (Å²) in [5.74, 6) is -0.505. The van der Waals surface area contributed by atoms with Crippen molar-refractivity contribution in [3.8, 4) is 22.4 Å². The molecule has 0 unspecified atom stereocenters. The molecule has 1 amide bonds. The fourth-order valence-corrected chi connectivity index (χ4v) is 8.66. The molecule has 2 fully saturated rings. The van der Waals surface area contributed by atoms with E-state index in [9.17, 15) is 27.9 Å². The first-order valence-corrected chi connectivity index (χ1v) is 19.6. The Hall–Kier alpha value is -4.34. The van der Waals surface area contributed by atoms with Gasteiger partial charge in [0.05, 0.1) is 44.2 Å². The van der Waals surface area contributed by atoms with E-state index < -0.39 is 18.6 Å². The first-order valence-electron chi connectivity index (χ1n) is 18.0. The first kappa shape index (κ1) is 38.9. The van der Waals surface area contributed by atoms with Gasteiger partial charge in [0, 0.05) is 61.0 Å². The molecule has 16 heteroatoms. The van der Waals surface area contributed by atoms with Crippen LogP contribution in [0.3, 0.4) is 0 Å². The summed E-state index contributed by atoms with van der Waals surface area (Å²) in [7, 11) is 0. The van der Waals surface area contributed by atoms with Gasteiger partial charge in [-0.25, -0.2) is 9.97 Å². The summed E-state index contributed by atoms with van der Waals surface area (Å²) >= 11 is 15.6. The lowest BCUT2D eigenvalue weighted by molar-refractivity contribution is -0.143. The molecule has 10 nitrogen and oxygen atoms in total. The maximum absolute atomic E-state index is 13.7. The Morgan fingerprint density at radius 2 is 1.67 bits per heavy atom. The number of amides is 1. The lowest BCUT2D eigenvalue weighted by atomic mass is 9.86. The molecule has 1 aliphatic heterocycles. The highest BCUT2D eigenvalue weighted by atomic mass is 35.5. The predicted octanol–water partition coefficient (Wildman–Crippen LogP) is 8.68. The molecule has 0 bridgehead atoms. The Morgan fingerprint density at radius 3 is 2.40 bits per heavy atom. The first-order chi connectivity index (χ1) is 26.4. The summed E-state index contributed by atoms with van der Waals surface area (Å²) in [6, 6.07) is 16.1. The lowest BCUT2D eigenvalue weighted by Crippen LogP contribution is -2.35. The van der Waals surface area contributed by atoms with Crippen molar-refractivity contribution in [1.82, 2.24) is 30.9 Å². The van der Waals surface area contributed by atoms with Crippen molar-refractivity contribution in [2.45, 2.75) is 76.3 Å². The summed E-state index contributed by atoms with van der Waals surface area (Å²) in [5.41, 5.74) is 3.46. The number of aliphatic carboxylic acids is 1. The molecule has 55 heavy (non-hydrogen) atoms. The second-order valence-corrected chi connectivity index (χ2v) is 15.7. The van der Waals surface area contributed by atoms with Crippen LogP contribution >= 0.6 is 34.5 Å². The number of nitrogens with one attached hydrogen (secondary N) is 4. The van der Waals surface area contributed by atoms with Crippen molar-refractivity contribution in [1.29, 1.82) is 0 Å². The van der Waals surface area contributed by atoms with E-state index in [-0.39, 0.29) is 41.2 Å². The van der Waals surface area contributed by atoms with E-state index in [4.69, 9.17) is 28.2 Å². The number of thiazole rings is 1. The topological polar surface area (TPSA) is 141 Å². The zero-order valence-electron chi connectivity index (χ0n) is 29.5. The number of hydrogen-bond acceptors (Lipinski definition) is 9. The summed E-state index contributed by atoms with van der Waals surface area (Å²) < 4.78 is 42.1. The monoisotopic (exact) mass is 811 g/mol. The van der Waals surface area contributed by atoms with Crippen LogP contribution in [-0.4, -0.2) is 56.7 Å². The number of fused-ring (bicyclic) bond motifs is 1. The molecular weight excluding hydrogens is 774 g/mol. The third-order valence-corrected chi connectivity index (χ3v) is 11.8. The maximum atomic E-state index is 13.7. The molecule has 0 radical (unpaired) electrons. The number of carbonyl (C=O) groups is 2. The van der Waals surface area contributed by atoms with Crippen LogP contribution in [0.25, 0.3) is 32.6 Å². The number of aromatic nitrogens is 3. The molecule has 288 valence electrons. The number of benzene rings is 2. The van der Waals surface area contributed by atoms with Crippen LogP contribution in [-0.2, 0) is 29.1 Å². The quantitative estimate of drug-likeness (QED) is 0.0790. The SMILES string of the molecule is O=C1CC[C@@H](CNCc2ccc(-c3cccc(-c4cccc(Nc5nccc6sc(CN[C@H]7CC[C@H](C(=O)O)CC7)nc56)c4Cl)c3Cl)nc2CC(F)(F)F)N1. The number of rotatable bonds is 13. The normalized spacial score (nSPS) is 18.8. The number of pyridine rings is 2. The molecule has 1 aliphatic carbocycles. The third-order valence-electron chi connectivity index (χ3n) is 10.0. The van der Waals surface area contributed by atoms with Gasteiger partial charge in [0.1, 0.15) is 10.5 Å². The fourth-order valence-electron chi connectivity index (χ4n) is 7.14. The van der Waals surface area contributed by atoms with Crippen LogP contribution in [0, 0.1) is 5.92 Å². The molecule has 7 rings (SSSR count). The molecule has 4 heterocycles. The molecular formula is C39H38Cl2F3N7O3S. The van der Waals surface area contributed by atoms with Gasteiger partial charge in [-0.1, -0.05) is 59.6 Å². The van der Waals surface area contributed by atoms with Gasteiger partial charge < -0.3 is 26.4 Å². The molecule has 3 aromatic heterocycles. The van der Waals surface area contributed by atoms with Crippen molar-refractivity contribution in [2.24, 2.45) is 5.92 Å². The minimum atomic E-state index is -4.48. The number of nitrogens with zero attached hydrogens (tertiary/aromatic N) is 3. The highest BCUT2D eigenvalue weighted by molar-refractivity contribution is 7.18. The average molecular weight is 813 g/mol. The molecule has 0 spiro atoms. The number of carboxylic acid groups (broad SMARTS) is 1. The molecule has 2 aromatic carbocycles. The number of alkyl halides is 3. The van der Waals surface area contributed by atoms with Crippen molar-refractivity contribution < 1.29 is 27.9 Å². The smallest absolute Gasteiger partial charge is 0.394 e. The summed E-state index contributed by atoms with van der Waals surface area (Å²) in [5, 5.41) is 23.7. The minimum absolute atomic E-state index is 0.0291. The van der Waals surface area contributed by atoms with Crippen LogP contribution in [0.15, 0.2) is 60.8 Å². The summed E-state index contributed by atoms with van der Waals surface area (Å²) in [4.78, 5) is 36.7. The number of carboxylic acids is 1. The summed E-state index contributed by atoms with van der Waals surface area (Å²) in [6.07, 6.45) is 0.0656. The molecule has 1 saturated heterocycles. The Bertz CT molecular complexity index is 2210. The molecule has 1 saturated carbocycles. The van der Waals surface area contributed by atoms with Crippen molar-refractivity contribution >= 4 is 68.1 Å². The van der Waals surface area contributed by atoms with Crippen molar-refractivity contribution in [2.75, 3.05) is 11.9 Å². The third kappa shape index (κ3) is 9.38. The maximum Gasteiger partial charge on any atom is 0.394 e. The second kappa shape index (κ2) is 16.8. The minimum Gasteiger partial charge on any atom is -0.481 e. The average Bonchev–Trinajstić information content (AvgIpc) is 3.78. The van der Waals surface area contributed by atoms with Gasteiger partial charge in [-0.05, 0) is 55.9 Å². The van der Waals surface area contributed by atoms with E-state index in [2.05, 4.69) is 31.2 Å². The van der Waals surface area contributed by atoms with Gasteiger partial charge in [0.25, 0.3) is 0 Å². The van der Waals surface area contributed by atoms with Crippen LogP contribution < -0.4 is 21.3 Å². The number of anilines is 2. The van der Waals surface area contributed by atoms with Gasteiger partial charge in [-0.15, -0.1) is 11.3 Å². The largest absolute Gasteiger partial charge is 0.481 e. The van der Waals surface area contributed by atoms with Crippen LogP contribution in [0.1, 0.15) is 54.8 Å². The standard InChI is InChI=1S/C39H38Cl2F3N7O3S/c40-34-25(3-1-5-27(34)28-13-9-22(30(49-28)17-39(42,43)44)18-45-19-24-12-14-32(52)48-24)26-4-2-6-29(35(26)41)50-37-36-31(15-16-46-37)55-33(51-36)20-47-23-10-7-21(8-11-23)38(53)54/h1-6,9,13,15-16,21,23-24,45,47H,7-8,10-12,14,17-20H2,(H,46,50)(H,48,52)(H,53,54)/t21-,23-,24-/m0/s1. The lowest BCUT2D eigenvalue weighted by Gasteiger charge is -2.26. The van der Waals surface area contributed by atoms with Gasteiger partial charge in [0.15, 0.2) is 5.82 Å². The zero-order valence-corrected chi connectivity index (χ0v) is 31.8. The van der Waals surface area contributed by atoms with Gasteiger partial charge in [0.2, 0.25) is 5.91 Å². The Kier molecular flexibility index (Phi) is 11.9. The number of hydrogen-bond donors (Lipinski definition) is 5. The number of carbonyl (C=O) groups excluding carboxylic acids is 1. The Balaban J connectivity index is 1.09. The van der Waals surface area contributed by atoms with Gasteiger partial charge in [-0.2, -0.15) is 13.2 Å². The number of halogens is 5. The van der Waals surface area contributed by atoms with Crippen molar-refractivity contribution in [3.05, 3.63) is 87.1 Å². The van der Waals surface area contributed by atoms with E-state index in [0.29, 0.717) is 88.8 Å². The zero-order chi connectivity index (χ0) is 38.7. The van der Waals surface area contributed by atoms with Gasteiger partial charge >= 0.3 is 12.1 Å². The van der Waals surface area contributed by atoms with Crippen molar-refractivity contribution in [3.63, 3.8) is 0 Å². The van der Waals surface area contributed by atoms with E-state index in [1.54, 1.807) is 47.9 Å². The molecule has 1 atom stereocenters. The van der Waals surface area contributed by atoms with Crippen LogP contribution in [0.4, 0.5) is 24.7 Å². The predicted molar refractivity (Wildman–Crippen MR) is 209 cm³/mol. The highest BCUT2D eigenvalue weighted by Crippen LogP contribution is 2.42. The van der Waals surface area contributed by atoms with E-state index in [0.717, 1.165) is 22.5 Å². The Morgan fingerprint density at radius 1 is 0.927 bits per heavy atom. The molecule has 5 N–H and O–H groups in total. The fraction of sp³-hybridized carbons (Fsp3) is 0.359. The summed E-state index contributed by atoms with van der Waals surface area (Å²) in [6.45, 7) is 1.15. The van der Waals surface area contributed by atoms with E-state index in [1.807, 2.05) is 24.3 Å². The van der Waals surface area contributed by atoms with Crippen LogP contribution in [0.2, 0.25) is 10.0 Å². The van der Waals surface area contributed by atoms with E-state index in [1.165, 1.54) is 0 Å². The van der Waals surface area contributed by atoms with E-state index >= 15 is 0 Å². The molecule has 5 aromatic rings. The Labute approximate surface area is 329 Å². The van der Waals surface area contributed by atoms with Crippen LogP contribution in [0.5, 0.6) is 0 Å². The highest BCUT2D eigenvalue weighted by Gasteiger charge is 2.31. The van der Waals surface area contributed by atoms with Gasteiger partial charge in [-0.3, -0.25) is 14.6 Å². The molecule has 2 aliphatic rings.